The molecular formula is C20H16ClN3O3S. The lowest BCUT2D eigenvalue weighted by molar-refractivity contribution is -0.119. The Morgan fingerprint density at radius 1 is 1.07 bits per heavy atom. The SMILES string of the molecule is C/C(=N/NC(=O)CN1c2cccc3cccc(c23)S1(=O)=O)c1ccccc1Cl. The van der Waals surface area contributed by atoms with E-state index in [0.717, 1.165) is 9.69 Å². The van der Waals surface area contributed by atoms with Crippen LogP contribution in [0.15, 0.2) is 70.7 Å². The normalized spacial score (nSPS) is 15.1. The van der Waals surface area contributed by atoms with Gasteiger partial charge in [-0.05, 0) is 30.5 Å². The molecule has 4 rings (SSSR count). The molecule has 0 aliphatic carbocycles. The van der Waals surface area contributed by atoms with Gasteiger partial charge in [0.15, 0.2) is 0 Å². The second-order valence-electron chi connectivity index (χ2n) is 6.36. The van der Waals surface area contributed by atoms with E-state index in [9.17, 15) is 13.2 Å². The quantitative estimate of drug-likeness (QED) is 0.524. The third-order valence-corrected chi connectivity index (χ3v) is 6.71. The van der Waals surface area contributed by atoms with Crippen molar-refractivity contribution in [2.45, 2.75) is 11.8 Å². The van der Waals surface area contributed by atoms with Crippen molar-refractivity contribution in [2.24, 2.45) is 5.10 Å². The fourth-order valence-electron chi connectivity index (χ4n) is 3.26. The van der Waals surface area contributed by atoms with Gasteiger partial charge in [0.25, 0.3) is 15.9 Å². The van der Waals surface area contributed by atoms with Gasteiger partial charge in [-0.25, -0.2) is 13.8 Å². The Bertz CT molecular complexity index is 1230. The first-order valence-corrected chi connectivity index (χ1v) is 10.3. The smallest absolute Gasteiger partial charge is 0.265 e. The number of amides is 1. The van der Waals surface area contributed by atoms with E-state index in [1.54, 1.807) is 49.4 Å². The summed E-state index contributed by atoms with van der Waals surface area (Å²) >= 11 is 6.13. The monoisotopic (exact) mass is 413 g/mol. The van der Waals surface area contributed by atoms with E-state index in [-0.39, 0.29) is 11.4 Å². The Morgan fingerprint density at radius 2 is 1.79 bits per heavy atom. The fourth-order valence-corrected chi connectivity index (χ4v) is 5.19. The minimum atomic E-state index is -3.79. The summed E-state index contributed by atoms with van der Waals surface area (Å²) < 4.78 is 26.9. The summed E-state index contributed by atoms with van der Waals surface area (Å²) in [6.45, 7) is 1.35. The van der Waals surface area contributed by atoms with E-state index in [1.165, 1.54) is 0 Å². The largest absolute Gasteiger partial charge is 0.271 e. The van der Waals surface area contributed by atoms with Crippen LogP contribution in [0.25, 0.3) is 10.8 Å². The minimum absolute atomic E-state index is 0.212. The Balaban J connectivity index is 1.58. The number of carbonyl (C=O) groups excluding carboxylic acids is 1. The average Bonchev–Trinajstić information content (AvgIpc) is 2.90. The molecule has 0 saturated carbocycles. The number of nitrogens with one attached hydrogen (secondary N) is 1. The van der Waals surface area contributed by atoms with Crippen LogP contribution in [-0.4, -0.2) is 26.6 Å². The molecule has 1 N–H and O–H groups in total. The van der Waals surface area contributed by atoms with Crippen molar-refractivity contribution in [1.29, 1.82) is 0 Å². The molecule has 28 heavy (non-hydrogen) atoms. The van der Waals surface area contributed by atoms with Gasteiger partial charge in [0, 0.05) is 16.0 Å². The van der Waals surface area contributed by atoms with Gasteiger partial charge >= 0.3 is 0 Å². The van der Waals surface area contributed by atoms with Crippen molar-refractivity contribution in [1.82, 2.24) is 5.43 Å². The molecule has 0 saturated heterocycles. The minimum Gasteiger partial charge on any atom is -0.271 e. The Kier molecular flexibility index (Phi) is 4.56. The number of sulfonamides is 1. The molecule has 3 aromatic rings. The van der Waals surface area contributed by atoms with Gasteiger partial charge in [-0.15, -0.1) is 0 Å². The number of carbonyl (C=O) groups is 1. The highest BCUT2D eigenvalue weighted by molar-refractivity contribution is 7.93. The second-order valence-corrected chi connectivity index (χ2v) is 8.59. The van der Waals surface area contributed by atoms with Crippen LogP contribution in [0, 0.1) is 0 Å². The highest BCUT2D eigenvalue weighted by Gasteiger charge is 2.36. The summed E-state index contributed by atoms with van der Waals surface area (Å²) in [5.74, 6) is -0.542. The number of hydrogen-bond donors (Lipinski definition) is 1. The average molecular weight is 414 g/mol. The third-order valence-electron chi connectivity index (χ3n) is 4.58. The standard InChI is InChI=1S/C20H16ClN3O3S/c1-13(15-8-2-3-9-16(15)21)22-23-19(25)12-24-17-10-4-6-14-7-5-11-18(20(14)17)28(24,26)27/h2-11H,12H2,1H3,(H,23,25)/b22-13-. The van der Waals surface area contributed by atoms with E-state index in [2.05, 4.69) is 10.5 Å². The maximum atomic E-state index is 12.9. The van der Waals surface area contributed by atoms with E-state index in [0.29, 0.717) is 27.4 Å². The van der Waals surface area contributed by atoms with Crippen LogP contribution in [0.1, 0.15) is 12.5 Å². The van der Waals surface area contributed by atoms with Gasteiger partial charge in [-0.3, -0.25) is 9.10 Å². The lowest BCUT2D eigenvalue weighted by Gasteiger charge is -2.17. The first-order chi connectivity index (χ1) is 13.4. The highest BCUT2D eigenvalue weighted by atomic mass is 35.5. The van der Waals surface area contributed by atoms with Crippen molar-refractivity contribution in [3.05, 3.63) is 71.2 Å². The molecular weight excluding hydrogens is 398 g/mol. The van der Waals surface area contributed by atoms with E-state index >= 15 is 0 Å². The van der Waals surface area contributed by atoms with Crippen LogP contribution < -0.4 is 9.73 Å². The van der Waals surface area contributed by atoms with E-state index in [4.69, 9.17) is 11.6 Å². The third kappa shape index (κ3) is 3.02. The molecule has 0 unspecified atom stereocenters. The molecule has 0 aromatic heterocycles. The van der Waals surface area contributed by atoms with Gasteiger partial charge in [0.1, 0.15) is 6.54 Å². The van der Waals surface area contributed by atoms with Crippen molar-refractivity contribution in [2.75, 3.05) is 10.8 Å². The number of benzene rings is 3. The molecule has 0 fully saturated rings. The van der Waals surface area contributed by atoms with Crippen molar-refractivity contribution in [3.63, 3.8) is 0 Å². The van der Waals surface area contributed by atoms with E-state index < -0.39 is 15.9 Å². The Labute approximate surface area is 167 Å². The maximum absolute atomic E-state index is 12.9. The van der Waals surface area contributed by atoms with Crippen LogP contribution in [0.2, 0.25) is 5.02 Å². The van der Waals surface area contributed by atoms with Crippen LogP contribution in [0.4, 0.5) is 5.69 Å². The summed E-state index contributed by atoms with van der Waals surface area (Å²) in [6.07, 6.45) is 0. The van der Waals surface area contributed by atoms with Crippen LogP contribution in [0.5, 0.6) is 0 Å². The molecule has 1 heterocycles. The summed E-state index contributed by atoms with van der Waals surface area (Å²) in [7, 11) is -3.79. The molecule has 0 spiro atoms. The van der Waals surface area contributed by atoms with Gasteiger partial charge in [0.05, 0.1) is 16.3 Å². The molecule has 6 nitrogen and oxygen atoms in total. The van der Waals surface area contributed by atoms with Crippen LogP contribution >= 0.6 is 11.6 Å². The van der Waals surface area contributed by atoms with Gasteiger partial charge in [-0.2, -0.15) is 5.10 Å². The molecule has 0 bridgehead atoms. The van der Waals surface area contributed by atoms with E-state index in [1.807, 2.05) is 18.2 Å². The zero-order chi connectivity index (χ0) is 19.9. The first-order valence-electron chi connectivity index (χ1n) is 8.52. The number of nitrogens with zero attached hydrogens (tertiary/aromatic N) is 2. The fraction of sp³-hybridized carbons (Fsp3) is 0.100. The first kappa shape index (κ1) is 18.5. The Morgan fingerprint density at radius 3 is 2.54 bits per heavy atom. The van der Waals surface area contributed by atoms with Gasteiger partial charge in [0.2, 0.25) is 0 Å². The number of hydrazone groups is 1. The lowest BCUT2D eigenvalue weighted by atomic mass is 10.1. The van der Waals surface area contributed by atoms with Crippen molar-refractivity contribution < 1.29 is 13.2 Å². The number of halogens is 1. The molecule has 8 heteroatoms. The summed E-state index contributed by atoms with van der Waals surface area (Å²) in [5.41, 5.74) is 4.12. The van der Waals surface area contributed by atoms with Crippen LogP contribution in [-0.2, 0) is 14.8 Å². The number of anilines is 1. The molecule has 1 amide bonds. The molecule has 0 radical (unpaired) electrons. The molecule has 1 aliphatic heterocycles. The second kappa shape index (κ2) is 6.92. The summed E-state index contributed by atoms with van der Waals surface area (Å²) in [4.78, 5) is 12.6. The molecule has 142 valence electrons. The number of hydrogen-bond acceptors (Lipinski definition) is 4. The van der Waals surface area contributed by atoms with Crippen LogP contribution in [0.3, 0.4) is 0 Å². The highest BCUT2D eigenvalue weighted by Crippen LogP contribution is 2.41. The molecule has 3 aromatic carbocycles. The molecule has 1 aliphatic rings. The summed E-state index contributed by atoms with van der Waals surface area (Å²) in [5, 5.41) is 6.02. The lowest BCUT2D eigenvalue weighted by Crippen LogP contribution is -2.37. The number of rotatable bonds is 4. The van der Waals surface area contributed by atoms with Gasteiger partial charge in [-0.1, -0.05) is 54.1 Å². The zero-order valence-electron chi connectivity index (χ0n) is 14.9. The van der Waals surface area contributed by atoms with Crippen molar-refractivity contribution in [3.8, 4) is 0 Å². The van der Waals surface area contributed by atoms with Crippen molar-refractivity contribution >= 4 is 49.7 Å². The zero-order valence-corrected chi connectivity index (χ0v) is 16.5. The van der Waals surface area contributed by atoms with Gasteiger partial charge < -0.3 is 0 Å². The predicted octanol–water partition coefficient (Wildman–Crippen LogP) is 3.54. The predicted molar refractivity (Wildman–Crippen MR) is 110 cm³/mol. The molecule has 0 atom stereocenters. The Hall–Kier alpha value is -2.90. The summed E-state index contributed by atoms with van der Waals surface area (Å²) in [6, 6.07) is 17.5. The maximum Gasteiger partial charge on any atom is 0.265 e. The topological polar surface area (TPSA) is 78.8 Å².